The van der Waals surface area contributed by atoms with Gasteiger partial charge in [0, 0.05) is 27.4 Å². The number of aromatic amines is 1. The Balaban J connectivity index is 2.03. The number of H-pyrrole nitrogens is 1. The quantitative estimate of drug-likeness (QED) is 0.566. The molecule has 0 amide bonds. The Morgan fingerprint density at radius 3 is 2.54 bits per heavy atom. The number of fused-ring (bicyclic) bond motifs is 1. The van der Waals surface area contributed by atoms with Crippen LogP contribution in [0.5, 0.6) is 0 Å². The van der Waals surface area contributed by atoms with Crippen LogP contribution in [0, 0.1) is 0 Å². The van der Waals surface area contributed by atoms with Gasteiger partial charge in [-0.15, -0.1) is 0 Å². The molecule has 0 aliphatic carbocycles. The highest BCUT2D eigenvalue weighted by Crippen LogP contribution is 2.43. The second-order valence-electron chi connectivity index (χ2n) is 7.65. The Hall–Kier alpha value is -1.31. The number of carbonyl (C=O) groups is 1. The van der Waals surface area contributed by atoms with Gasteiger partial charge in [-0.25, -0.2) is 0 Å². The highest BCUT2D eigenvalue weighted by molar-refractivity contribution is 9.10. The lowest BCUT2D eigenvalue weighted by atomic mass is 9.66. The maximum absolute atomic E-state index is 12.3. The minimum Gasteiger partial charge on any atom is -0.466 e. The third-order valence-corrected chi connectivity index (χ3v) is 6.04. The van der Waals surface area contributed by atoms with Crippen molar-refractivity contribution in [2.24, 2.45) is 0 Å². The van der Waals surface area contributed by atoms with Crippen LogP contribution in [0.2, 0.25) is 0 Å². The van der Waals surface area contributed by atoms with E-state index in [1.54, 1.807) is 0 Å². The minimum absolute atomic E-state index is 0.193. The Morgan fingerprint density at radius 2 is 1.92 bits per heavy atom. The van der Waals surface area contributed by atoms with Gasteiger partial charge in [-0.1, -0.05) is 22.0 Å². The van der Waals surface area contributed by atoms with E-state index in [-0.39, 0.29) is 18.2 Å². The fourth-order valence-electron chi connectivity index (χ4n) is 3.26. The molecule has 2 heterocycles. The Morgan fingerprint density at radius 1 is 1.27 bits per heavy atom. The molecule has 1 aromatic carbocycles. The predicted octanol–water partition coefficient (Wildman–Crippen LogP) is 4.60. The van der Waals surface area contributed by atoms with Crippen LogP contribution >= 0.6 is 15.9 Å². The first-order chi connectivity index (χ1) is 12.2. The average molecular weight is 422 g/mol. The Bertz CT molecular complexity index is 801. The SMILES string of the molecule is CCOC(=O)CC(B1OC(C)(C)C(C)(C)O1)c1c[nH]c2cccc(Br)c12. The first-order valence-electron chi connectivity index (χ1n) is 8.93. The Kier molecular flexibility index (Phi) is 5.25. The van der Waals surface area contributed by atoms with Crippen molar-refractivity contribution in [1.29, 1.82) is 0 Å². The number of carbonyl (C=O) groups excluding carboxylic acids is 1. The summed E-state index contributed by atoms with van der Waals surface area (Å²) in [5, 5.41) is 1.04. The molecule has 1 fully saturated rings. The van der Waals surface area contributed by atoms with Crippen LogP contribution in [-0.2, 0) is 18.8 Å². The normalized spacial score (nSPS) is 19.7. The fourth-order valence-corrected chi connectivity index (χ4v) is 3.86. The van der Waals surface area contributed by atoms with Crippen LogP contribution in [0.25, 0.3) is 10.9 Å². The molecule has 1 saturated heterocycles. The molecule has 0 spiro atoms. The third-order valence-electron chi connectivity index (χ3n) is 5.38. The number of hydrogen-bond donors (Lipinski definition) is 1. The summed E-state index contributed by atoms with van der Waals surface area (Å²) in [7, 11) is -0.532. The number of ether oxygens (including phenoxy) is 1. The topological polar surface area (TPSA) is 60.6 Å². The second kappa shape index (κ2) is 7.02. The minimum atomic E-state index is -0.532. The third kappa shape index (κ3) is 3.44. The zero-order valence-corrected chi connectivity index (χ0v) is 17.5. The highest BCUT2D eigenvalue weighted by atomic mass is 79.9. The summed E-state index contributed by atoms with van der Waals surface area (Å²) < 4.78 is 18.7. The van der Waals surface area contributed by atoms with Crippen molar-refractivity contribution in [2.45, 2.75) is 58.1 Å². The average Bonchev–Trinajstić information content (AvgIpc) is 3.05. The first-order valence-corrected chi connectivity index (χ1v) is 9.72. The van der Waals surface area contributed by atoms with E-state index in [1.807, 2.05) is 59.0 Å². The van der Waals surface area contributed by atoms with Crippen molar-refractivity contribution in [3.05, 3.63) is 34.4 Å². The van der Waals surface area contributed by atoms with Crippen LogP contribution < -0.4 is 0 Å². The molecule has 140 valence electrons. The van der Waals surface area contributed by atoms with E-state index in [4.69, 9.17) is 14.0 Å². The summed E-state index contributed by atoms with van der Waals surface area (Å²) in [6, 6.07) is 5.97. The van der Waals surface area contributed by atoms with Gasteiger partial charge in [0.15, 0.2) is 0 Å². The smallest absolute Gasteiger partial charge is 0.466 e. The molecule has 5 nitrogen and oxygen atoms in total. The van der Waals surface area contributed by atoms with Crippen molar-refractivity contribution in [3.63, 3.8) is 0 Å². The molecule has 0 saturated carbocycles. The van der Waals surface area contributed by atoms with E-state index < -0.39 is 18.3 Å². The van der Waals surface area contributed by atoms with Crippen LogP contribution in [0.4, 0.5) is 0 Å². The van der Waals surface area contributed by atoms with E-state index >= 15 is 0 Å². The fraction of sp³-hybridized carbons (Fsp3) is 0.526. The van der Waals surface area contributed by atoms with Crippen LogP contribution in [0.1, 0.15) is 52.4 Å². The monoisotopic (exact) mass is 421 g/mol. The molecule has 1 aliphatic rings. The van der Waals surface area contributed by atoms with Crippen LogP contribution in [0.15, 0.2) is 28.9 Å². The predicted molar refractivity (Wildman–Crippen MR) is 106 cm³/mol. The summed E-state index contributed by atoms with van der Waals surface area (Å²) >= 11 is 3.63. The lowest BCUT2D eigenvalue weighted by Gasteiger charge is -2.32. The summed E-state index contributed by atoms with van der Waals surface area (Å²) in [6.07, 6.45) is 2.13. The Labute approximate surface area is 163 Å². The molecule has 1 atom stereocenters. The molecule has 2 aromatic rings. The van der Waals surface area contributed by atoms with Gasteiger partial charge >= 0.3 is 13.1 Å². The van der Waals surface area contributed by atoms with E-state index in [2.05, 4.69) is 20.9 Å². The van der Waals surface area contributed by atoms with Gasteiger partial charge in [0.1, 0.15) is 0 Å². The summed E-state index contributed by atoms with van der Waals surface area (Å²) in [6.45, 7) is 10.2. The van der Waals surface area contributed by atoms with Gasteiger partial charge in [0.25, 0.3) is 0 Å². The zero-order chi connectivity index (χ0) is 19.1. The molecule has 0 radical (unpaired) electrons. The van der Waals surface area contributed by atoms with Crippen molar-refractivity contribution in [1.82, 2.24) is 4.98 Å². The molecular weight excluding hydrogens is 397 g/mol. The van der Waals surface area contributed by atoms with Gasteiger partial charge in [0.2, 0.25) is 0 Å². The lowest BCUT2D eigenvalue weighted by molar-refractivity contribution is -0.143. The first kappa shape index (κ1) is 19.5. The second-order valence-corrected chi connectivity index (χ2v) is 8.50. The van der Waals surface area contributed by atoms with Gasteiger partial charge in [-0.05, 0) is 52.3 Å². The maximum Gasteiger partial charge on any atom is 0.466 e. The van der Waals surface area contributed by atoms with Gasteiger partial charge in [-0.2, -0.15) is 0 Å². The van der Waals surface area contributed by atoms with Crippen molar-refractivity contribution in [3.8, 4) is 0 Å². The van der Waals surface area contributed by atoms with Crippen molar-refractivity contribution >= 4 is 39.9 Å². The van der Waals surface area contributed by atoms with Crippen LogP contribution in [0.3, 0.4) is 0 Å². The van der Waals surface area contributed by atoms with Gasteiger partial charge < -0.3 is 19.0 Å². The van der Waals surface area contributed by atoms with Gasteiger partial charge in [-0.3, -0.25) is 4.79 Å². The summed E-state index contributed by atoms with van der Waals surface area (Å²) in [5.74, 6) is -0.531. The zero-order valence-electron chi connectivity index (χ0n) is 15.9. The van der Waals surface area contributed by atoms with E-state index in [0.29, 0.717) is 6.61 Å². The molecule has 7 heteroatoms. The maximum atomic E-state index is 12.3. The molecule has 26 heavy (non-hydrogen) atoms. The van der Waals surface area contributed by atoms with Crippen LogP contribution in [-0.4, -0.2) is 35.9 Å². The standard InChI is InChI=1S/C19H25BBrNO4/c1-6-24-16(23)10-13(20-25-18(2,3)19(4,5)26-20)12-11-22-15-9-7-8-14(21)17(12)15/h7-9,11,13,22H,6,10H2,1-5H3. The number of hydrogen-bond acceptors (Lipinski definition) is 4. The lowest BCUT2D eigenvalue weighted by Crippen LogP contribution is -2.41. The largest absolute Gasteiger partial charge is 0.466 e. The molecular formula is C19H25BBrNO4. The van der Waals surface area contributed by atoms with Crippen molar-refractivity contribution in [2.75, 3.05) is 6.61 Å². The van der Waals surface area contributed by atoms with Gasteiger partial charge in [0.05, 0.1) is 24.2 Å². The van der Waals surface area contributed by atoms with E-state index in [0.717, 1.165) is 20.9 Å². The molecule has 1 unspecified atom stereocenters. The number of esters is 1. The number of nitrogens with one attached hydrogen (secondary N) is 1. The summed E-state index contributed by atoms with van der Waals surface area (Å²) in [5.41, 5.74) is 1.06. The van der Waals surface area contributed by atoms with E-state index in [9.17, 15) is 4.79 Å². The number of benzene rings is 1. The number of rotatable bonds is 5. The van der Waals surface area contributed by atoms with Crippen molar-refractivity contribution < 1.29 is 18.8 Å². The number of halogens is 1. The molecule has 1 N–H and O–H groups in total. The molecule has 1 aromatic heterocycles. The molecule has 0 bridgehead atoms. The highest BCUT2D eigenvalue weighted by Gasteiger charge is 2.54. The van der Waals surface area contributed by atoms with E-state index in [1.165, 1.54) is 0 Å². The summed E-state index contributed by atoms with van der Waals surface area (Å²) in [4.78, 5) is 15.6. The molecule has 3 rings (SSSR count). The molecule has 1 aliphatic heterocycles. The number of aromatic nitrogens is 1.